The van der Waals surface area contributed by atoms with Crippen molar-refractivity contribution in [3.63, 3.8) is 0 Å². The van der Waals surface area contributed by atoms with E-state index in [-0.39, 0.29) is 17.7 Å². The highest BCUT2D eigenvalue weighted by Gasteiger charge is 2.42. The van der Waals surface area contributed by atoms with Crippen LogP contribution in [0.1, 0.15) is 84.7 Å². The number of nitrogens with zero attached hydrogens (tertiary/aromatic N) is 2. The van der Waals surface area contributed by atoms with E-state index in [0.717, 1.165) is 60.1 Å². The van der Waals surface area contributed by atoms with Gasteiger partial charge in [-0.05, 0) is 61.6 Å². The molecular formula is C28H35N3O3. The van der Waals surface area contributed by atoms with Crippen LogP contribution < -0.4 is 4.74 Å². The fourth-order valence-electron chi connectivity index (χ4n) is 4.73. The van der Waals surface area contributed by atoms with Crippen LogP contribution in [0.4, 0.5) is 0 Å². The van der Waals surface area contributed by atoms with Gasteiger partial charge in [-0.2, -0.15) is 5.10 Å². The van der Waals surface area contributed by atoms with Crippen LogP contribution in [0.15, 0.2) is 36.4 Å². The molecule has 0 saturated carbocycles. The summed E-state index contributed by atoms with van der Waals surface area (Å²) < 4.78 is 5.85. The Balaban J connectivity index is 1.76. The predicted molar refractivity (Wildman–Crippen MR) is 134 cm³/mol. The number of fused-ring (bicyclic) bond motifs is 1. The highest BCUT2D eigenvalue weighted by Crippen LogP contribution is 2.45. The molecule has 1 amide bonds. The summed E-state index contributed by atoms with van der Waals surface area (Å²) >= 11 is 0. The average Bonchev–Trinajstić information content (AvgIpc) is 3.36. The minimum atomic E-state index is -0.266. The van der Waals surface area contributed by atoms with Crippen molar-refractivity contribution in [1.82, 2.24) is 15.1 Å². The first-order valence-electron chi connectivity index (χ1n) is 12.4. The molecular weight excluding hydrogens is 426 g/mol. The molecule has 0 aliphatic carbocycles. The maximum absolute atomic E-state index is 13.4. The molecule has 3 aromatic rings. The summed E-state index contributed by atoms with van der Waals surface area (Å²) in [6.45, 7) is 9.56. The van der Waals surface area contributed by atoms with E-state index in [1.165, 1.54) is 0 Å². The summed E-state index contributed by atoms with van der Waals surface area (Å²) in [4.78, 5) is 15.4. The third-order valence-electron chi connectivity index (χ3n) is 6.53. The van der Waals surface area contributed by atoms with Crippen LogP contribution in [0.2, 0.25) is 0 Å². The third kappa shape index (κ3) is 4.54. The number of aryl methyl sites for hydroxylation is 2. The van der Waals surface area contributed by atoms with Crippen molar-refractivity contribution in [2.45, 2.75) is 65.8 Å². The van der Waals surface area contributed by atoms with Gasteiger partial charge in [-0.15, -0.1) is 0 Å². The molecule has 2 heterocycles. The molecule has 0 fully saturated rings. The normalized spacial score (nSPS) is 15.1. The Hall–Kier alpha value is -3.28. The minimum Gasteiger partial charge on any atom is -0.507 e. The van der Waals surface area contributed by atoms with Crippen LogP contribution >= 0.6 is 0 Å². The lowest BCUT2D eigenvalue weighted by molar-refractivity contribution is 0.0740. The van der Waals surface area contributed by atoms with Gasteiger partial charge in [0.05, 0.1) is 12.6 Å². The van der Waals surface area contributed by atoms with Crippen molar-refractivity contribution in [3.8, 4) is 22.8 Å². The second kappa shape index (κ2) is 10.3. The number of nitrogens with one attached hydrogen (secondary N) is 1. The van der Waals surface area contributed by atoms with Crippen LogP contribution in [0.5, 0.6) is 11.5 Å². The van der Waals surface area contributed by atoms with Crippen LogP contribution in [-0.2, 0) is 0 Å². The van der Waals surface area contributed by atoms with Crippen molar-refractivity contribution >= 4 is 5.91 Å². The predicted octanol–water partition coefficient (Wildman–Crippen LogP) is 6.31. The molecule has 2 N–H and O–H groups in total. The topological polar surface area (TPSA) is 78.5 Å². The third-order valence-corrected chi connectivity index (χ3v) is 6.53. The lowest BCUT2D eigenvalue weighted by atomic mass is 9.94. The van der Waals surface area contributed by atoms with E-state index in [1.54, 1.807) is 0 Å². The van der Waals surface area contributed by atoms with Crippen LogP contribution in [-0.4, -0.2) is 39.3 Å². The van der Waals surface area contributed by atoms with Crippen molar-refractivity contribution in [2.75, 3.05) is 13.2 Å². The number of unbranched alkanes of at least 4 members (excludes halogenated alkanes) is 3. The van der Waals surface area contributed by atoms with E-state index in [1.807, 2.05) is 55.1 Å². The largest absolute Gasteiger partial charge is 0.507 e. The first-order valence-corrected chi connectivity index (χ1v) is 12.4. The average molecular weight is 462 g/mol. The molecule has 0 spiro atoms. The monoisotopic (exact) mass is 461 g/mol. The zero-order valence-corrected chi connectivity index (χ0v) is 20.6. The van der Waals surface area contributed by atoms with Gasteiger partial charge in [-0.1, -0.05) is 51.3 Å². The highest BCUT2D eigenvalue weighted by atomic mass is 16.5. The number of hydrogen-bond acceptors (Lipinski definition) is 4. The lowest BCUT2D eigenvalue weighted by Crippen LogP contribution is -2.30. The van der Waals surface area contributed by atoms with Crippen molar-refractivity contribution in [2.24, 2.45) is 0 Å². The Morgan fingerprint density at radius 3 is 2.50 bits per heavy atom. The van der Waals surface area contributed by atoms with Crippen molar-refractivity contribution in [1.29, 1.82) is 0 Å². The number of ether oxygens (including phenoxy) is 1. The molecule has 2 aromatic carbocycles. The quantitative estimate of drug-likeness (QED) is 0.347. The zero-order valence-electron chi connectivity index (χ0n) is 20.6. The molecule has 0 saturated heterocycles. The molecule has 6 heteroatoms. The number of aromatic amines is 1. The summed E-state index contributed by atoms with van der Waals surface area (Å²) in [6.07, 6.45) is 5.21. The van der Waals surface area contributed by atoms with E-state index in [9.17, 15) is 9.90 Å². The summed E-state index contributed by atoms with van der Waals surface area (Å²) in [5, 5.41) is 18.4. The number of amides is 1. The van der Waals surface area contributed by atoms with E-state index in [0.29, 0.717) is 30.1 Å². The van der Waals surface area contributed by atoms with Gasteiger partial charge >= 0.3 is 0 Å². The maximum atomic E-state index is 13.4. The smallest absolute Gasteiger partial charge is 0.273 e. The van der Waals surface area contributed by atoms with Crippen molar-refractivity contribution < 1.29 is 14.6 Å². The number of phenols is 1. The standard InChI is InChI=1S/C28H35N3O3/c1-5-7-9-14-31-26(20-10-12-21(13-11-20)34-15-8-6-2)23-24(29-30-25(23)28(31)33)22-17-18(3)16-19(4)27(22)32/h10-13,16-17,26,32H,5-9,14-15H2,1-4H3,(H,29,30). The maximum Gasteiger partial charge on any atom is 0.273 e. The summed E-state index contributed by atoms with van der Waals surface area (Å²) in [7, 11) is 0. The van der Waals surface area contributed by atoms with Gasteiger partial charge < -0.3 is 14.7 Å². The lowest BCUT2D eigenvalue weighted by Gasteiger charge is -2.26. The number of rotatable bonds is 10. The fraction of sp³-hybridized carbons (Fsp3) is 0.429. The number of hydrogen-bond donors (Lipinski definition) is 2. The number of phenolic OH excluding ortho intramolecular Hbond substituents is 1. The molecule has 1 unspecified atom stereocenters. The van der Waals surface area contributed by atoms with E-state index >= 15 is 0 Å². The van der Waals surface area contributed by atoms with E-state index in [4.69, 9.17) is 4.74 Å². The number of aromatic nitrogens is 2. The van der Waals surface area contributed by atoms with Gasteiger partial charge in [0.1, 0.15) is 22.9 Å². The van der Waals surface area contributed by atoms with E-state index < -0.39 is 0 Å². The summed E-state index contributed by atoms with van der Waals surface area (Å²) in [6, 6.07) is 11.7. The van der Waals surface area contributed by atoms with Crippen LogP contribution in [0, 0.1) is 13.8 Å². The molecule has 0 bridgehead atoms. The molecule has 180 valence electrons. The number of carbonyl (C=O) groups excluding carboxylic acids is 1. The van der Waals surface area contributed by atoms with Gasteiger partial charge in [0.25, 0.3) is 5.91 Å². The second-order valence-electron chi connectivity index (χ2n) is 9.22. The Bertz CT molecular complexity index is 1150. The Morgan fingerprint density at radius 2 is 1.79 bits per heavy atom. The number of benzene rings is 2. The molecule has 1 aromatic heterocycles. The SMILES string of the molecule is CCCCCN1C(=O)c2[nH]nc(-c3cc(C)cc(C)c3O)c2C1c1ccc(OCCCC)cc1. The van der Waals surface area contributed by atoms with Gasteiger partial charge in [0, 0.05) is 17.7 Å². The van der Waals surface area contributed by atoms with Crippen molar-refractivity contribution in [3.05, 3.63) is 64.3 Å². The fourth-order valence-corrected chi connectivity index (χ4v) is 4.73. The van der Waals surface area contributed by atoms with E-state index in [2.05, 4.69) is 24.0 Å². The Labute approximate surface area is 202 Å². The Morgan fingerprint density at radius 1 is 1.06 bits per heavy atom. The first kappa shape index (κ1) is 23.9. The molecule has 0 radical (unpaired) electrons. The molecule has 1 atom stereocenters. The molecule has 1 aliphatic heterocycles. The summed E-state index contributed by atoms with van der Waals surface area (Å²) in [5.41, 5.74) is 5.48. The second-order valence-corrected chi connectivity index (χ2v) is 9.22. The van der Waals surface area contributed by atoms with Crippen LogP contribution in [0.3, 0.4) is 0 Å². The molecule has 34 heavy (non-hydrogen) atoms. The van der Waals surface area contributed by atoms with Gasteiger partial charge in [0.2, 0.25) is 0 Å². The van der Waals surface area contributed by atoms with Gasteiger partial charge in [-0.25, -0.2) is 0 Å². The number of H-pyrrole nitrogens is 1. The number of aromatic hydroxyl groups is 1. The number of carbonyl (C=O) groups is 1. The van der Waals surface area contributed by atoms with Gasteiger partial charge in [0.15, 0.2) is 0 Å². The zero-order chi connectivity index (χ0) is 24.2. The minimum absolute atomic E-state index is 0.0398. The molecule has 4 rings (SSSR count). The highest BCUT2D eigenvalue weighted by molar-refractivity contribution is 6.00. The first-order chi connectivity index (χ1) is 16.5. The summed E-state index contributed by atoms with van der Waals surface area (Å²) in [5.74, 6) is 0.996. The Kier molecular flexibility index (Phi) is 7.25. The molecule has 6 nitrogen and oxygen atoms in total. The van der Waals surface area contributed by atoms with Crippen LogP contribution in [0.25, 0.3) is 11.3 Å². The van der Waals surface area contributed by atoms with Gasteiger partial charge in [-0.3, -0.25) is 9.89 Å². The molecule has 1 aliphatic rings.